The van der Waals surface area contributed by atoms with Crippen LogP contribution in [-0.4, -0.2) is 37.1 Å². The average Bonchev–Trinajstić information content (AvgIpc) is 2.14. The molecule has 1 fully saturated rings. The molecule has 0 spiro atoms. The van der Waals surface area contributed by atoms with Gasteiger partial charge in [0.1, 0.15) is 0 Å². The second kappa shape index (κ2) is 5.86. The maximum absolute atomic E-state index is 3.48. The molecule has 1 saturated heterocycles. The molecule has 0 aromatic rings. The summed E-state index contributed by atoms with van der Waals surface area (Å²) in [5.74, 6) is 0. The van der Waals surface area contributed by atoms with Gasteiger partial charge in [-0.25, -0.2) is 0 Å². The summed E-state index contributed by atoms with van der Waals surface area (Å²) in [5, 5.41) is 3.48. The van der Waals surface area contributed by atoms with Gasteiger partial charge in [0.15, 0.2) is 0 Å². The van der Waals surface area contributed by atoms with E-state index in [4.69, 9.17) is 0 Å². The summed E-state index contributed by atoms with van der Waals surface area (Å²) >= 11 is 0. The molecule has 1 unspecified atom stereocenters. The highest BCUT2D eigenvalue weighted by Gasteiger charge is 2.25. The maximum Gasteiger partial charge on any atom is 0.00507 e. The molecule has 0 bridgehead atoms. The summed E-state index contributed by atoms with van der Waals surface area (Å²) in [6, 6.07) is 0.667. The molecule has 0 radical (unpaired) electrons. The summed E-state index contributed by atoms with van der Waals surface area (Å²) < 4.78 is 0. The fourth-order valence-electron chi connectivity index (χ4n) is 2.56. The van der Waals surface area contributed by atoms with Crippen LogP contribution in [0.3, 0.4) is 0 Å². The quantitative estimate of drug-likeness (QED) is 0.753. The normalized spacial score (nSPS) is 24.0. The smallest absolute Gasteiger partial charge is 0.00507 e. The highest BCUT2D eigenvalue weighted by Crippen LogP contribution is 2.28. The van der Waals surface area contributed by atoms with Gasteiger partial charge in [-0.3, -0.25) is 0 Å². The van der Waals surface area contributed by atoms with E-state index in [-0.39, 0.29) is 0 Å². The largest absolute Gasteiger partial charge is 0.314 e. The van der Waals surface area contributed by atoms with E-state index >= 15 is 0 Å². The van der Waals surface area contributed by atoms with Crippen LogP contribution in [0.1, 0.15) is 47.0 Å². The predicted octanol–water partition coefficient (Wildman–Crippen LogP) is 2.50. The van der Waals surface area contributed by atoms with Gasteiger partial charge in [-0.05, 0) is 51.2 Å². The molecule has 1 rings (SSSR count). The van der Waals surface area contributed by atoms with Crippen molar-refractivity contribution < 1.29 is 0 Å². The minimum atomic E-state index is 0.541. The number of piperidine rings is 1. The Morgan fingerprint density at radius 3 is 2.73 bits per heavy atom. The zero-order chi connectivity index (χ0) is 11.3. The van der Waals surface area contributed by atoms with Crippen LogP contribution in [0.5, 0.6) is 0 Å². The van der Waals surface area contributed by atoms with Gasteiger partial charge in [0.05, 0.1) is 0 Å². The first-order chi connectivity index (χ1) is 7.03. The van der Waals surface area contributed by atoms with Crippen LogP contribution in [0.2, 0.25) is 0 Å². The summed E-state index contributed by atoms with van der Waals surface area (Å²) in [7, 11) is 0. The fourth-order valence-corrected chi connectivity index (χ4v) is 2.56. The number of nitrogens with one attached hydrogen (secondary N) is 1. The van der Waals surface area contributed by atoms with Crippen LogP contribution in [-0.2, 0) is 0 Å². The molecule has 15 heavy (non-hydrogen) atoms. The van der Waals surface area contributed by atoms with E-state index in [1.807, 2.05) is 0 Å². The van der Waals surface area contributed by atoms with Crippen molar-refractivity contribution in [1.82, 2.24) is 10.2 Å². The molecule has 0 aromatic carbocycles. The standard InChI is InChI=1S/C13H28N2/c1-5-14-12(2)7-10-15-9-6-8-13(3,4)11-15/h12,14H,5-11H2,1-4H3. The second-order valence-corrected chi connectivity index (χ2v) is 5.79. The number of hydrogen-bond donors (Lipinski definition) is 1. The van der Waals surface area contributed by atoms with Gasteiger partial charge < -0.3 is 10.2 Å². The van der Waals surface area contributed by atoms with Crippen LogP contribution < -0.4 is 5.32 Å². The van der Waals surface area contributed by atoms with Crippen LogP contribution in [0, 0.1) is 5.41 Å². The van der Waals surface area contributed by atoms with Crippen LogP contribution in [0.15, 0.2) is 0 Å². The lowest BCUT2D eigenvalue weighted by Gasteiger charge is -2.38. The molecular weight excluding hydrogens is 184 g/mol. The fraction of sp³-hybridized carbons (Fsp3) is 1.00. The maximum atomic E-state index is 3.48. The molecule has 0 amide bonds. The summed E-state index contributed by atoms with van der Waals surface area (Å²) in [6.07, 6.45) is 4.05. The van der Waals surface area contributed by atoms with Crippen molar-refractivity contribution >= 4 is 0 Å². The van der Waals surface area contributed by atoms with Gasteiger partial charge in [-0.15, -0.1) is 0 Å². The Morgan fingerprint density at radius 2 is 2.13 bits per heavy atom. The third-order valence-electron chi connectivity index (χ3n) is 3.41. The summed E-state index contributed by atoms with van der Waals surface area (Å²) in [5.41, 5.74) is 0.541. The lowest BCUT2D eigenvalue weighted by atomic mass is 9.84. The molecule has 1 N–H and O–H groups in total. The van der Waals surface area contributed by atoms with Gasteiger partial charge in [0.2, 0.25) is 0 Å². The van der Waals surface area contributed by atoms with E-state index in [0.29, 0.717) is 11.5 Å². The second-order valence-electron chi connectivity index (χ2n) is 5.79. The monoisotopic (exact) mass is 212 g/mol. The minimum absolute atomic E-state index is 0.541. The zero-order valence-electron chi connectivity index (χ0n) is 11.0. The molecule has 2 nitrogen and oxygen atoms in total. The van der Waals surface area contributed by atoms with Crippen molar-refractivity contribution in [3.05, 3.63) is 0 Å². The Kier molecular flexibility index (Phi) is 5.07. The Morgan fingerprint density at radius 1 is 1.40 bits per heavy atom. The Labute approximate surface area is 95.4 Å². The predicted molar refractivity (Wildman–Crippen MR) is 67.2 cm³/mol. The Bertz CT molecular complexity index is 177. The topological polar surface area (TPSA) is 15.3 Å². The van der Waals surface area contributed by atoms with Crippen LogP contribution in [0.4, 0.5) is 0 Å². The van der Waals surface area contributed by atoms with Crippen molar-refractivity contribution in [3.8, 4) is 0 Å². The Hall–Kier alpha value is -0.0800. The summed E-state index contributed by atoms with van der Waals surface area (Å²) in [6.45, 7) is 14.2. The highest BCUT2D eigenvalue weighted by atomic mass is 15.1. The van der Waals surface area contributed by atoms with E-state index in [9.17, 15) is 0 Å². The molecule has 90 valence electrons. The first-order valence-corrected chi connectivity index (χ1v) is 6.49. The molecule has 0 aromatic heterocycles. The van der Waals surface area contributed by atoms with Crippen molar-refractivity contribution in [3.63, 3.8) is 0 Å². The Balaban J connectivity index is 2.21. The zero-order valence-corrected chi connectivity index (χ0v) is 11.0. The third-order valence-corrected chi connectivity index (χ3v) is 3.41. The average molecular weight is 212 g/mol. The number of likely N-dealkylation sites (tertiary alicyclic amines) is 1. The lowest BCUT2D eigenvalue weighted by Crippen LogP contribution is -2.42. The lowest BCUT2D eigenvalue weighted by molar-refractivity contribution is 0.114. The van der Waals surface area contributed by atoms with Gasteiger partial charge >= 0.3 is 0 Å². The number of rotatable bonds is 5. The van der Waals surface area contributed by atoms with Gasteiger partial charge in [-0.2, -0.15) is 0 Å². The molecule has 1 heterocycles. The van der Waals surface area contributed by atoms with E-state index in [2.05, 4.69) is 37.9 Å². The molecule has 0 saturated carbocycles. The molecule has 0 aliphatic carbocycles. The van der Waals surface area contributed by atoms with Crippen molar-refractivity contribution in [1.29, 1.82) is 0 Å². The van der Waals surface area contributed by atoms with E-state index in [1.165, 1.54) is 38.9 Å². The minimum Gasteiger partial charge on any atom is -0.314 e. The molecule has 1 aliphatic heterocycles. The van der Waals surface area contributed by atoms with Crippen LogP contribution in [0.25, 0.3) is 0 Å². The third kappa shape index (κ3) is 4.98. The number of hydrogen-bond acceptors (Lipinski definition) is 2. The molecule has 1 atom stereocenters. The van der Waals surface area contributed by atoms with Gasteiger partial charge in [0, 0.05) is 12.6 Å². The van der Waals surface area contributed by atoms with E-state index in [0.717, 1.165) is 6.54 Å². The van der Waals surface area contributed by atoms with E-state index in [1.54, 1.807) is 0 Å². The van der Waals surface area contributed by atoms with Crippen molar-refractivity contribution in [2.45, 2.75) is 53.0 Å². The van der Waals surface area contributed by atoms with Crippen molar-refractivity contribution in [2.24, 2.45) is 5.41 Å². The summed E-state index contributed by atoms with van der Waals surface area (Å²) in [4.78, 5) is 2.64. The molecular formula is C13H28N2. The number of nitrogens with zero attached hydrogens (tertiary/aromatic N) is 1. The van der Waals surface area contributed by atoms with Gasteiger partial charge in [-0.1, -0.05) is 20.8 Å². The highest BCUT2D eigenvalue weighted by molar-refractivity contribution is 4.80. The molecule has 2 heteroatoms. The van der Waals surface area contributed by atoms with Crippen molar-refractivity contribution in [2.75, 3.05) is 26.2 Å². The first kappa shape index (κ1) is 13.0. The van der Waals surface area contributed by atoms with Gasteiger partial charge in [0.25, 0.3) is 0 Å². The van der Waals surface area contributed by atoms with E-state index < -0.39 is 0 Å². The van der Waals surface area contributed by atoms with Crippen LogP contribution >= 0.6 is 0 Å². The molecule has 1 aliphatic rings. The SMILES string of the molecule is CCNC(C)CCN1CCCC(C)(C)C1. The first-order valence-electron chi connectivity index (χ1n) is 6.49.